The molecule has 0 saturated carbocycles. The largest absolute Gasteiger partial charge is 0.320 e. The summed E-state index contributed by atoms with van der Waals surface area (Å²) < 4.78 is 13.2. The third-order valence-corrected chi connectivity index (χ3v) is 3.60. The van der Waals surface area contributed by atoms with Crippen LogP contribution in [0, 0.1) is 12.7 Å². The third-order valence-electron chi connectivity index (χ3n) is 2.85. The first-order valence-electron chi connectivity index (χ1n) is 5.45. The van der Waals surface area contributed by atoms with E-state index in [4.69, 9.17) is 28.9 Å². The van der Waals surface area contributed by atoms with Crippen LogP contribution in [0.2, 0.25) is 10.0 Å². The van der Waals surface area contributed by atoms with Crippen LogP contribution in [0.5, 0.6) is 0 Å². The van der Waals surface area contributed by atoms with Crippen molar-refractivity contribution in [3.05, 3.63) is 69.0 Å². The normalized spacial score (nSPS) is 12.5. The van der Waals surface area contributed by atoms with Crippen LogP contribution in [-0.2, 0) is 0 Å². The highest BCUT2D eigenvalue weighted by Gasteiger charge is 2.14. The van der Waals surface area contributed by atoms with Gasteiger partial charge in [-0.2, -0.15) is 0 Å². The number of hydrogen-bond donors (Lipinski definition) is 1. The summed E-state index contributed by atoms with van der Waals surface area (Å²) in [6, 6.07) is 9.19. The fraction of sp³-hybridized carbons (Fsp3) is 0.143. The molecule has 0 aliphatic carbocycles. The van der Waals surface area contributed by atoms with Crippen molar-refractivity contribution in [2.75, 3.05) is 0 Å². The molecule has 2 rings (SSSR count). The Morgan fingerprint density at radius 2 is 1.78 bits per heavy atom. The van der Waals surface area contributed by atoms with Crippen molar-refractivity contribution in [2.24, 2.45) is 5.73 Å². The fourth-order valence-corrected chi connectivity index (χ4v) is 2.16. The topological polar surface area (TPSA) is 26.0 Å². The summed E-state index contributed by atoms with van der Waals surface area (Å²) in [4.78, 5) is 0. The van der Waals surface area contributed by atoms with Crippen LogP contribution >= 0.6 is 23.2 Å². The zero-order chi connectivity index (χ0) is 13.3. The molecule has 18 heavy (non-hydrogen) atoms. The van der Waals surface area contributed by atoms with E-state index in [0.717, 1.165) is 11.1 Å². The molecule has 0 aliphatic rings. The van der Waals surface area contributed by atoms with Crippen LogP contribution in [0.1, 0.15) is 22.7 Å². The van der Waals surface area contributed by atoms with E-state index >= 15 is 0 Å². The van der Waals surface area contributed by atoms with Gasteiger partial charge in [0.05, 0.1) is 6.04 Å². The van der Waals surface area contributed by atoms with Gasteiger partial charge in [-0.1, -0.05) is 35.3 Å². The van der Waals surface area contributed by atoms with Crippen molar-refractivity contribution in [1.29, 1.82) is 0 Å². The van der Waals surface area contributed by atoms with Crippen molar-refractivity contribution >= 4 is 23.2 Å². The summed E-state index contributed by atoms with van der Waals surface area (Å²) >= 11 is 12.1. The van der Waals surface area contributed by atoms with Gasteiger partial charge < -0.3 is 5.73 Å². The average molecular weight is 284 g/mol. The molecule has 0 radical (unpaired) electrons. The van der Waals surface area contributed by atoms with Crippen LogP contribution in [0.25, 0.3) is 0 Å². The molecule has 0 aliphatic heterocycles. The molecule has 4 heteroatoms. The lowest BCUT2D eigenvalue weighted by atomic mass is 9.98. The molecule has 0 aromatic heterocycles. The number of aryl methyl sites for hydroxylation is 1. The van der Waals surface area contributed by atoms with Crippen molar-refractivity contribution in [3.8, 4) is 0 Å². The molecule has 1 nitrogen and oxygen atoms in total. The average Bonchev–Trinajstić information content (AvgIpc) is 2.35. The number of benzene rings is 2. The van der Waals surface area contributed by atoms with E-state index in [9.17, 15) is 4.39 Å². The smallest absolute Gasteiger partial charge is 0.123 e. The Bertz CT molecular complexity index is 584. The molecule has 2 N–H and O–H groups in total. The summed E-state index contributed by atoms with van der Waals surface area (Å²) in [5, 5.41) is 1.08. The maximum absolute atomic E-state index is 13.2. The van der Waals surface area contributed by atoms with E-state index in [-0.39, 0.29) is 5.82 Å². The monoisotopic (exact) mass is 283 g/mol. The van der Waals surface area contributed by atoms with Gasteiger partial charge in [-0.3, -0.25) is 0 Å². The summed E-state index contributed by atoms with van der Waals surface area (Å²) in [5.41, 5.74) is 8.42. The molecule has 0 bridgehead atoms. The predicted molar refractivity (Wildman–Crippen MR) is 73.6 cm³/mol. The summed E-state index contributed by atoms with van der Waals surface area (Å²) in [7, 11) is 0. The second kappa shape index (κ2) is 5.27. The zero-order valence-corrected chi connectivity index (χ0v) is 11.3. The molecule has 0 amide bonds. The van der Waals surface area contributed by atoms with Crippen LogP contribution in [-0.4, -0.2) is 0 Å². The Kier molecular flexibility index (Phi) is 3.91. The lowest BCUT2D eigenvalue weighted by Gasteiger charge is -2.15. The van der Waals surface area contributed by atoms with Crippen LogP contribution in [0.4, 0.5) is 4.39 Å². The highest BCUT2D eigenvalue weighted by Crippen LogP contribution is 2.29. The van der Waals surface area contributed by atoms with Gasteiger partial charge >= 0.3 is 0 Å². The van der Waals surface area contributed by atoms with E-state index in [1.165, 1.54) is 18.2 Å². The minimum Gasteiger partial charge on any atom is -0.320 e. The van der Waals surface area contributed by atoms with Gasteiger partial charge in [-0.25, -0.2) is 4.39 Å². The molecule has 1 atom stereocenters. The molecule has 1 unspecified atom stereocenters. The lowest BCUT2D eigenvalue weighted by Crippen LogP contribution is -2.12. The Hall–Kier alpha value is -1.09. The number of nitrogens with two attached hydrogens (primary N) is 1. The van der Waals surface area contributed by atoms with Gasteiger partial charge in [-0.05, 0) is 47.9 Å². The van der Waals surface area contributed by atoms with E-state index in [2.05, 4.69) is 0 Å². The quantitative estimate of drug-likeness (QED) is 0.864. The Balaban J connectivity index is 2.44. The Morgan fingerprint density at radius 3 is 2.44 bits per heavy atom. The van der Waals surface area contributed by atoms with Gasteiger partial charge in [0.2, 0.25) is 0 Å². The number of rotatable bonds is 2. The molecule has 0 fully saturated rings. The van der Waals surface area contributed by atoms with Gasteiger partial charge in [0.1, 0.15) is 5.82 Å². The maximum Gasteiger partial charge on any atom is 0.123 e. The van der Waals surface area contributed by atoms with Crippen molar-refractivity contribution in [1.82, 2.24) is 0 Å². The van der Waals surface area contributed by atoms with E-state index < -0.39 is 6.04 Å². The fourth-order valence-electron chi connectivity index (χ4n) is 1.74. The van der Waals surface area contributed by atoms with Crippen molar-refractivity contribution in [2.45, 2.75) is 13.0 Å². The Labute approximate surface area is 115 Å². The molecule has 0 saturated heterocycles. The highest BCUT2D eigenvalue weighted by atomic mass is 35.5. The molecule has 2 aromatic carbocycles. The molecule has 2 aromatic rings. The zero-order valence-electron chi connectivity index (χ0n) is 9.75. The van der Waals surface area contributed by atoms with E-state index in [1.54, 1.807) is 6.07 Å². The number of halogens is 3. The van der Waals surface area contributed by atoms with Gasteiger partial charge in [-0.15, -0.1) is 0 Å². The molecular formula is C14H12Cl2FN. The van der Waals surface area contributed by atoms with Crippen molar-refractivity contribution in [3.63, 3.8) is 0 Å². The summed E-state index contributed by atoms with van der Waals surface area (Å²) in [6.45, 7) is 1.91. The second-order valence-corrected chi connectivity index (χ2v) is 4.97. The third kappa shape index (κ3) is 2.66. The first-order chi connectivity index (χ1) is 8.49. The maximum atomic E-state index is 13.2. The lowest BCUT2D eigenvalue weighted by molar-refractivity contribution is 0.623. The predicted octanol–water partition coefficient (Wildman–Crippen LogP) is 4.49. The minimum absolute atomic E-state index is 0.358. The summed E-state index contributed by atoms with van der Waals surface area (Å²) in [5.74, 6) is -0.358. The van der Waals surface area contributed by atoms with E-state index in [0.29, 0.717) is 15.6 Å². The standard InChI is InChI=1S/C14H12Cl2FN/c1-8-2-3-9(6-13(8)16)14(18)11-7-10(17)4-5-12(11)15/h2-7,14H,18H2,1H3. The molecule has 0 heterocycles. The first kappa shape index (κ1) is 13.3. The minimum atomic E-state index is -0.494. The highest BCUT2D eigenvalue weighted by molar-refractivity contribution is 6.31. The SMILES string of the molecule is Cc1ccc(C(N)c2cc(F)ccc2Cl)cc1Cl. The molecule has 0 spiro atoms. The van der Waals surface area contributed by atoms with Crippen LogP contribution in [0.3, 0.4) is 0 Å². The second-order valence-electron chi connectivity index (χ2n) is 4.15. The number of hydrogen-bond acceptors (Lipinski definition) is 1. The van der Waals surface area contributed by atoms with Gasteiger partial charge in [0.25, 0.3) is 0 Å². The summed E-state index contributed by atoms with van der Waals surface area (Å²) in [6.07, 6.45) is 0. The van der Waals surface area contributed by atoms with Crippen LogP contribution in [0.15, 0.2) is 36.4 Å². The van der Waals surface area contributed by atoms with Crippen LogP contribution < -0.4 is 5.73 Å². The van der Waals surface area contributed by atoms with E-state index in [1.807, 2.05) is 19.1 Å². The molecule has 94 valence electrons. The van der Waals surface area contributed by atoms with Crippen molar-refractivity contribution < 1.29 is 4.39 Å². The van der Waals surface area contributed by atoms with Gasteiger partial charge in [0, 0.05) is 10.0 Å². The molecular weight excluding hydrogens is 272 g/mol. The van der Waals surface area contributed by atoms with Gasteiger partial charge in [0.15, 0.2) is 0 Å². The first-order valence-corrected chi connectivity index (χ1v) is 6.21. The Morgan fingerprint density at radius 1 is 1.06 bits per heavy atom.